The molecule has 106 valence electrons. The average Bonchev–Trinajstić information content (AvgIpc) is 3.13. The summed E-state index contributed by atoms with van der Waals surface area (Å²) in [5.41, 5.74) is 1.40. The zero-order valence-electron chi connectivity index (χ0n) is 10.4. The lowest BCUT2D eigenvalue weighted by Crippen LogP contribution is -2.16. The van der Waals surface area contributed by atoms with E-state index >= 15 is 0 Å². The van der Waals surface area contributed by atoms with Crippen LogP contribution in [-0.2, 0) is 0 Å². The molecule has 0 bridgehead atoms. The maximum Gasteiger partial charge on any atom is 0.678 e. The SMILES string of the molecule is FB(F)n1c(Br)ccc1/C(=C1\C=CC(Br)=N1)c1ccco1. The average molecular weight is 416 g/mol. The minimum atomic E-state index is -2.67. The van der Waals surface area contributed by atoms with E-state index in [1.54, 1.807) is 36.4 Å². The van der Waals surface area contributed by atoms with Gasteiger partial charge in [-0.1, -0.05) is 0 Å². The largest absolute Gasteiger partial charge is 0.678 e. The summed E-state index contributed by atoms with van der Waals surface area (Å²) in [5, 5.41) is 0. The van der Waals surface area contributed by atoms with Crippen molar-refractivity contribution in [2.75, 3.05) is 0 Å². The Kier molecular flexibility index (Phi) is 3.99. The first kappa shape index (κ1) is 14.5. The van der Waals surface area contributed by atoms with Gasteiger partial charge in [0.15, 0.2) is 0 Å². The second-order valence-corrected chi connectivity index (χ2v) is 5.82. The predicted molar refractivity (Wildman–Crippen MR) is 85.7 cm³/mol. The van der Waals surface area contributed by atoms with Crippen molar-refractivity contribution in [1.29, 1.82) is 0 Å². The van der Waals surface area contributed by atoms with Gasteiger partial charge in [-0.2, -0.15) is 0 Å². The maximum atomic E-state index is 13.3. The summed E-state index contributed by atoms with van der Waals surface area (Å²) in [6.07, 6.45) is 5.00. The molecule has 0 fully saturated rings. The molecule has 0 saturated heterocycles. The van der Waals surface area contributed by atoms with Crippen LogP contribution < -0.4 is 0 Å². The molecule has 3 rings (SSSR count). The summed E-state index contributed by atoms with van der Waals surface area (Å²) in [6.45, 7) is 0. The minimum Gasteiger partial charge on any atom is -0.464 e. The number of halogens is 4. The molecule has 21 heavy (non-hydrogen) atoms. The smallest absolute Gasteiger partial charge is 0.464 e. The van der Waals surface area contributed by atoms with E-state index in [1.807, 2.05) is 0 Å². The third kappa shape index (κ3) is 2.69. The highest BCUT2D eigenvalue weighted by molar-refractivity contribution is 9.18. The summed E-state index contributed by atoms with van der Waals surface area (Å²) in [4.78, 5) is 4.30. The zero-order valence-corrected chi connectivity index (χ0v) is 13.6. The summed E-state index contributed by atoms with van der Waals surface area (Å²) < 4.78 is 33.8. The number of furan rings is 1. The van der Waals surface area contributed by atoms with Gasteiger partial charge in [0.05, 0.1) is 22.1 Å². The number of rotatable bonds is 3. The monoisotopic (exact) mass is 414 g/mol. The van der Waals surface area contributed by atoms with Gasteiger partial charge < -0.3 is 8.90 Å². The van der Waals surface area contributed by atoms with Gasteiger partial charge in [0.25, 0.3) is 0 Å². The van der Waals surface area contributed by atoms with Crippen LogP contribution in [0.5, 0.6) is 0 Å². The summed E-state index contributed by atoms with van der Waals surface area (Å²) in [7, 11) is -2.67. The van der Waals surface area contributed by atoms with E-state index in [1.165, 1.54) is 6.26 Å². The second-order valence-electron chi connectivity index (χ2n) is 4.19. The Bertz CT molecular complexity index is 763. The molecule has 0 saturated carbocycles. The van der Waals surface area contributed by atoms with E-state index in [-0.39, 0.29) is 0 Å². The Morgan fingerprint density at radius 3 is 2.57 bits per heavy atom. The van der Waals surface area contributed by atoms with Gasteiger partial charge in [0, 0.05) is 5.69 Å². The van der Waals surface area contributed by atoms with Crippen molar-refractivity contribution in [3.63, 3.8) is 0 Å². The van der Waals surface area contributed by atoms with Crippen molar-refractivity contribution in [3.05, 3.63) is 64.4 Å². The van der Waals surface area contributed by atoms with Crippen molar-refractivity contribution in [2.24, 2.45) is 4.99 Å². The third-order valence-electron chi connectivity index (χ3n) is 2.95. The first-order chi connectivity index (χ1) is 10.1. The highest BCUT2D eigenvalue weighted by Crippen LogP contribution is 2.33. The highest BCUT2D eigenvalue weighted by Gasteiger charge is 2.27. The fourth-order valence-electron chi connectivity index (χ4n) is 2.11. The molecule has 0 atom stereocenters. The van der Waals surface area contributed by atoms with Gasteiger partial charge in [0.2, 0.25) is 0 Å². The fourth-order valence-corrected chi connectivity index (χ4v) is 2.91. The standard InChI is InChI=1S/C13H7BBr2F2N2O/c15-11-5-3-8(19-11)13(10-2-1-7-21-10)9-4-6-12(16)20(9)14(17)18/h1-7H/b13-8-. The second kappa shape index (κ2) is 5.77. The van der Waals surface area contributed by atoms with Crippen molar-refractivity contribution in [3.8, 4) is 0 Å². The van der Waals surface area contributed by atoms with Crippen LogP contribution in [0, 0.1) is 0 Å². The van der Waals surface area contributed by atoms with E-state index in [2.05, 4.69) is 36.9 Å². The van der Waals surface area contributed by atoms with E-state index in [4.69, 9.17) is 4.42 Å². The Labute approximate surface area is 136 Å². The van der Waals surface area contributed by atoms with E-state index in [0.717, 1.165) is 4.48 Å². The van der Waals surface area contributed by atoms with E-state index in [0.29, 0.717) is 31.9 Å². The van der Waals surface area contributed by atoms with Crippen LogP contribution in [0.2, 0.25) is 0 Å². The Balaban J connectivity index is 2.26. The number of hydrogen-bond donors (Lipinski definition) is 0. The van der Waals surface area contributed by atoms with Crippen LogP contribution in [0.25, 0.3) is 5.57 Å². The molecular weight excluding hydrogens is 409 g/mol. The zero-order chi connectivity index (χ0) is 15.0. The fraction of sp³-hybridized carbons (Fsp3) is 0. The molecule has 3 heterocycles. The van der Waals surface area contributed by atoms with Crippen LogP contribution in [0.15, 0.2) is 62.4 Å². The molecular formula is C13H7BBr2F2N2O. The molecule has 0 radical (unpaired) electrons. The van der Waals surface area contributed by atoms with Crippen LogP contribution in [-0.4, -0.2) is 16.5 Å². The van der Waals surface area contributed by atoms with Gasteiger partial charge in [-0.05, 0) is 68.3 Å². The molecule has 0 N–H and O–H groups in total. The van der Waals surface area contributed by atoms with Crippen LogP contribution in [0.3, 0.4) is 0 Å². The summed E-state index contributed by atoms with van der Waals surface area (Å²) in [5.74, 6) is 0.480. The van der Waals surface area contributed by atoms with Crippen LogP contribution >= 0.6 is 31.9 Å². The Hall–Kier alpha value is -1.41. The maximum absolute atomic E-state index is 13.3. The quantitative estimate of drug-likeness (QED) is 0.666. The molecule has 0 amide bonds. The molecule has 8 heteroatoms. The number of aliphatic imine (C=N–C) groups is 1. The molecule has 0 unspecified atom stereocenters. The Morgan fingerprint density at radius 1 is 1.19 bits per heavy atom. The predicted octanol–water partition coefficient (Wildman–Crippen LogP) is 4.74. The van der Waals surface area contributed by atoms with E-state index in [9.17, 15) is 8.63 Å². The molecule has 1 aliphatic rings. The first-order valence-electron chi connectivity index (χ1n) is 5.93. The number of allylic oxidation sites excluding steroid dienone is 2. The van der Waals surface area contributed by atoms with Gasteiger partial charge in [-0.25, -0.2) is 4.99 Å². The number of aromatic nitrogens is 1. The Morgan fingerprint density at radius 2 is 2.00 bits per heavy atom. The topological polar surface area (TPSA) is 30.4 Å². The lowest BCUT2D eigenvalue weighted by atomic mass is 10.0. The third-order valence-corrected chi connectivity index (χ3v) is 4.04. The molecule has 2 aromatic rings. The van der Waals surface area contributed by atoms with Gasteiger partial charge >= 0.3 is 7.40 Å². The molecule has 0 aliphatic carbocycles. The highest BCUT2D eigenvalue weighted by atomic mass is 79.9. The molecule has 0 aromatic carbocycles. The lowest BCUT2D eigenvalue weighted by molar-refractivity contribution is 0.552. The number of hydrogen-bond acceptors (Lipinski definition) is 2. The minimum absolute atomic E-state index is 0.294. The van der Waals surface area contributed by atoms with Gasteiger partial charge in [-0.3, -0.25) is 8.63 Å². The first-order valence-corrected chi connectivity index (χ1v) is 7.52. The van der Waals surface area contributed by atoms with Crippen molar-refractivity contribution >= 4 is 49.5 Å². The number of nitrogens with zero attached hydrogens (tertiary/aromatic N) is 2. The normalized spacial score (nSPS) is 16.3. The van der Waals surface area contributed by atoms with Gasteiger partial charge in [-0.15, -0.1) is 0 Å². The molecule has 0 spiro atoms. The van der Waals surface area contributed by atoms with Crippen LogP contribution in [0.4, 0.5) is 8.63 Å². The van der Waals surface area contributed by atoms with Crippen molar-refractivity contribution in [1.82, 2.24) is 4.48 Å². The van der Waals surface area contributed by atoms with Crippen LogP contribution in [0.1, 0.15) is 11.5 Å². The summed E-state index contributed by atoms with van der Waals surface area (Å²) in [6, 6.07) is 6.60. The lowest BCUT2D eigenvalue weighted by Gasteiger charge is -2.11. The molecule has 2 aromatic heterocycles. The summed E-state index contributed by atoms with van der Waals surface area (Å²) >= 11 is 6.41. The van der Waals surface area contributed by atoms with Gasteiger partial charge in [0.1, 0.15) is 10.4 Å². The van der Waals surface area contributed by atoms with Crippen molar-refractivity contribution < 1.29 is 13.0 Å². The molecule has 3 nitrogen and oxygen atoms in total. The molecule has 1 aliphatic heterocycles. The van der Waals surface area contributed by atoms with Crippen molar-refractivity contribution in [2.45, 2.75) is 0 Å². The van der Waals surface area contributed by atoms with E-state index < -0.39 is 7.40 Å².